The number of nitrogens with zero attached hydrogens (tertiary/aromatic N) is 6. The Balaban J connectivity index is 0.000000226. The molecule has 408 valence electrons. The van der Waals surface area contributed by atoms with Crippen molar-refractivity contribution in [3.63, 3.8) is 0 Å². The fourth-order valence-electron chi connectivity index (χ4n) is 8.98. The highest BCUT2D eigenvalue weighted by atomic mass is 35.5. The van der Waals surface area contributed by atoms with E-state index in [4.69, 9.17) is 39.4 Å². The predicted molar refractivity (Wildman–Crippen MR) is 298 cm³/mol. The molecule has 0 amide bonds. The Bertz CT molecular complexity index is 3890. The van der Waals surface area contributed by atoms with E-state index in [-0.39, 0.29) is 103 Å². The van der Waals surface area contributed by atoms with E-state index < -0.39 is 63.0 Å². The molecule has 0 fully saturated rings. The molecule has 1 atom stereocenters. The van der Waals surface area contributed by atoms with E-state index in [9.17, 15) is 33.9 Å². The molecule has 8 rings (SSSR count). The number of halogens is 4. The monoisotopic (exact) mass is 1110 g/mol. The fraction of sp³-hybridized carbons (Fsp3) is 0.321. The molecule has 0 spiro atoms. The van der Waals surface area contributed by atoms with Gasteiger partial charge in [0.15, 0.2) is 22.9 Å². The van der Waals surface area contributed by atoms with Gasteiger partial charge in [0.05, 0.1) is 49.5 Å². The molecule has 6 heterocycles. The van der Waals surface area contributed by atoms with Crippen LogP contribution in [-0.2, 0) is 27.2 Å². The first kappa shape index (κ1) is 57.6. The largest absolute Gasteiger partial charge is 0.481 e. The molecular weight excluding hydrogens is 1050 g/mol. The van der Waals surface area contributed by atoms with Crippen molar-refractivity contribution in [2.45, 2.75) is 106 Å². The number of carbonyl (C=O) groups is 2. The molecular formula is C56H58Cl2F2N10O8. The number of aryl methyl sites for hydroxylation is 1. The number of ether oxygens (including phenoxy) is 1. The highest BCUT2D eigenvalue weighted by molar-refractivity contribution is 6.34. The molecule has 0 saturated carbocycles. The van der Waals surface area contributed by atoms with Crippen LogP contribution in [-0.4, -0.2) is 61.7 Å². The zero-order valence-electron chi connectivity index (χ0n) is 44.4. The van der Waals surface area contributed by atoms with Gasteiger partial charge in [-0.2, -0.15) is 0 Å². The average molecular weight is 1110 g/mol. The summed E-state index contributed by atoms with van der Waals surface area (Å²) in [5.41, 5.74) is 10.3. The molecule has 0 aliphatic heterocycles. The number of nitrogens with one attached hydrogen (secondary N) is 2. The van der Waals surface area contributed by atoms with Crippen molar-refractivity contribution < 1.29 is 28.2 Å². The van der Waals surface area contributed by atoms with E-state index in [1.807, 2.05) is 48.5 Å². The number of esters is 1. The minimum Gasteiger partial charge on any atom is -0.481 e. The van der Waals surface area contributed by atoms with E-state index in [0.717, 1.165) is 16.7 Å². The van der Waals surface area contributed by atoms with Gasteiger partial charge < -0.3 is 21.3 Å². The van der Waals surface area contributed by atoms with Crippen molar-refractivity contribution in [1.29, 1.82) is 0 Å². The Kier molecular flexibility index (Phi) is 16.6. The normalized spacial score (nSPS) is 12.3. The van der Waals surface area contributed by atoms with Gasteiger partial charge in [-0.25, -0.2) is 37.5 Å². The molecule has 0 aliphatic carbocycles. The van der Waals surface area contributed by atoms with Gasteiger partial charge in [-0.15, -0.1) is 0 Å². The number of nitrogen functional groups attached to an aromatic ring is 2. The summed E-state index contributed by atoms with van der Waals surface area (Å²) >= 11 is 12.7. The van der Waals surface area contributed by atoms with Gasteiger partial charge in [-0.1, -0.05) is 83.8 Å². The van der Waals surface area contributed by atoms with Crippen molar-refractivity contribution in [1.82, 2.24) is 39.0 Å². The number of aliphatic carboxylic acids is 1. The standard InChI is InChI=1S/2C28H29ClFN5O4/c1-13(2)21-23(14(9-10-32-21)11-16(26(37)38)28(3,4)5)35-24-15(25(36)34-27(35)39)12-18(30)22(33-24)20-17(29)7-6-8-19(20)31;1-14(2)22-24(15(11-12-32-22)9-10-20(36)39-28(3,4)5)35-25-16(26(37)34-27(35)38)13-18(30)23(33-25)21-17(29)7-6-8-19(21)31/h6-10,12-13,16H,11,31H2,1-5H3,(H,37,38)(H,34,36,39);6-8,11-14H,9-10,31H2,1-5H3,(H,34,37,38). The second-order valence-corrected chi connectivity index (χ2v) is 22.1. The number of carboxylic acids is 1. The number of fused-ring (bicyclic) bond motifs is 2. The van der Waals surface area contributed by atoms with Crippen molar-refractivity contribution in [3.8, 4) is 33.9 Å². The average Bonchev–Trinajstić information content (AvgIpc) is 3.46. The molecule has 22 heteroatoms. The molecule has 1 unspecified atom stereocenters. The number of nitrogens with two attached hydrogens (primary N) is 2. The quantitative estimate of drug-likeness (QED) is 0.0563. The third kappa shape index (κ3) is 11.9. The first-order valence-electron chi connectivity index (χ1n) is 24.7. The van der Waals surface area contributed by atoms with Crippen LogP contribution in [0, 0.1) is 23.0 Å². The molecule has 6 aromatic heterocycles. The van der Waals surface area contributed by atoms with Gasteiger partial charge >= 0.3 is 23.3 Å². The van der Waals surface area contributed by atoms with E-state index in [1.165, 1.54) is 22.8 Å². The lowest BCUT2D eigenvalue weighted by atomic mass is 9.77. The van der Waals surface area contributed by atoms with Crippen molar-refractivity contribution in [2.75, 3.05) is 11.5 Å². The van der Waals surface area contributed by atoms with E-state index in [0.29, 0.717) is 28.2 Å². The topological polar surface area (TPSA) is 277 Å². The minimum absolute atomic E-state index is 0.0331. The maximum atomic E-state index is 15.4. The number of benzene rings is 2. The Labute approximate surface area is 455 Å². The summed E-state index contributed by atoms with van der Waals surface area (Å²) in [5.74, 6) is -4.27. The molecule has 0 radical (unpaired) electrons. The number of pyridine rings is 4. The van der Waals surface area contributed by atoms with Crippen LogP contribution in [0.1, 0.15) is 110 Å². The first-order valence-corrected chi connectivity index (χ1v) is 25.5. The van der Waals surface area contributed by atoms with Crippen LogP contribution in [0.2, 0.25) is 10.0 Å². The highest BCUT2D eigenvalue weighted by Gasteiger charge is 2.34. The van der Waals surface area contributed by atoms with Gasteiger partial charge in [0, 0.05) is 41.3 Å². The number of carbonyl (C=O) groups excluding carboxylic acids is 1. The maximum Gasteiger partial charge on any atom is 0.334 e. The van der Waals surface area contributed by atoms with Crippen molar-refractivity contribution in [2.24, 2.45) is 11.3 Å². The molecule has 8 aromatic rings. The minimum atomic E-state index is -0.994. The number of hydrogen-bond acceptors (Lipinski definition) is 13. The zero-order chi connectivity index (χ0) is 57.5. The zero-order valence-corrected chi connectivity index (χ0v) is 45.9. The number of aromatic nitrogens is 8. The summed E-state index contributed by atoms with van der Waals surface area (Å²) in [5, 5.41) is 9.96. The molecule has 0 bridgehead atoms. The third-order valence-corrected chi connectivity index (χ3v) is 13.3. The number of aromatic amines is 2. The van der Waals surface area contributed by atoms with E-state index in [2.05, 4.69) is 29.9 Å². The van der Waals surface area contributed by atoms with Crippen LogP contribution < -0.4 is 34.0 Å². The maximum absolute atomic E-state index is 15.4. The van der Waals surface area contributed by atoms with Gasteiger partial charge in [-0.05, 0) is 111 Å². The highest BCUT2D eigenvalue weighted by Crippen LogP contribution is 2.38. The Morgan fingerprint density at radius 1 is 0.692 bits per heavy atom. The number of H-pyrrole nitrogens is 2. The van der Waals surface area contributed by atoms with Crippen LogP contribution in [0.15, 0.2) is 92.2 Å². The smallest absolute Gasteiger partial charge is 0.334 e. The van der Waals surface area contributed by atoms with Crippen LogP contribution in [0.4, 0.5) is 20.2 Å². The lowest BCUT2D eigenvalue weighted by Gasteiger charge is -2.28. The van der Waals surface area contributed by atoms with Crippen LogP contribution >= 0.6 is 23.2 Å². The molecule has 0 saturated heterocycles. The second kappa shape index (κ2) is 22.5. The Morgan fingerprint density at radius 2 is 1.12 bits per heavy atom. The molecule has 7 N–H and O–H groups in total. The Morgan fingerprint density at radius 3 is 1.50 bits per heavy atom. The summed E-state index contributed by atoms with van der Waals surface area (Å²) in [4.78, 5) is 99.4. The summed E-state index contributed by atoms with van der Waals surface area (Å²) in [6.45, 7) is 18.3. The lowest BCUT2D eigenvalue weighted by Crippen LogP contribution is -2.33. The molecule has 0 aliphatic rings. The number of rotatable bonds is 12. The summed E-state index contributed by atoms with van der Waals surface area (Å²) in [6, 6.07) is 14.7. The van der Waals surface area contributed by atoms with Gasteiger partial charge in [0.25, 0.3) is 11.1 Å². The number of hydrogen-bond donors (Lipinski definition) is 5. The Hall–Kier alpha value is -8.10. The SMILES string of the molecule is CC(C)c1nccc(CC(C(=O)O)C(C)(C)C)c1-n1c(=O)[nH]c(=O)c2cc(F)c(-c3c(N)cccc3Cl)nc21.CC(C)c1nccc(CCC(=O)OC(C)(C)C)c1-n1c(=O)[nH]c(=O)c2cc(F)c(-c3c(N)cccc3Cl)nc21. The number of anilines is 2. The summed E-state index contributed by atoms with van der Waals surface area (Å²) < 4.78 is 38.5. The van der Waals surface area contributed by atoms with Crippen molar-refractivity contribution >= 4 is 68.6 Å². The van der Waals surface area contributed by atoms with Gasteiger partial charge in [0.1, 0.15) is 17.0 Å². The molecule has 78 heavy (non-hydrogen) atoms. The predicted octanol–water partition coefficient (Wildman–Crippen LogP) is 9.83. The molecule has 2 aromatic carbocycles. The number of carboxylic acid groups (broad SMARTS) is 1. The van der Waals surface area contributed by atoms with Gasteiger partial charge in [-0.3, -0.25) is 39.1 Å². The van der Waals surface area contributed by atoms with Crippen LogP contribution in [0.5, 0.6) is 0 Å². The summed E-state index contributed by atoms with van der Waals surface area (Å²) in [7, 11) is 0. The third-order valence-electron chi connectivity index (χ3n) is 12.6. The van der Waals surface area contributed by atoms with Crippen LogP contribution in [0.3, 0.4) is 0 Å². The summed E-state index contributed by atoms with van der Waals surface area (Å²) in [6.07, 6.45) is 3.45. The first-order chi connectivity index (χ1) is 36.5. The second-order valence-electron chi connectivity index (χ2n) is 21.2. The van der Waals surface area contributed by atoms with Crippen LogP contribution in [0.25, 0.3) is 56.0 Å². The van der Waals surface area contributed by atoms with Crippen molar-refractivity contribution in [3.05, 3.63) is 159 Å². The van der Waals surface area contributed by atoms with Gasteiger partial charge in [0.2, 0.25) is 0 Å². The molecule has 18 nitrogen and oxygen atoms in total. The fourth-order valence-corrected chi connectivity index (χ4v) is 9.52. The van der Waals surface area contributed by atoms with E-state index >= 15 is 8.78 Å². The van der Waals surface area contributed by atoms with E-state index in [1.54, 1.807) is 63.5 Å². The lowest BCUT2D eigenvalue weighted by molar-refractivity contribution is -0.154.